The van der Waals surface area contributed by atoms with Crippen molar-refractivity contribution in [2.75, 3.05) is 13.1 Å². The van der Waals surface area contributed by atoms with Crippen LogP contribution in [0, 0.1) is 6.92 Å². The third-order valence-electron chi connectivity index (χ3n) is 5.26. The zero-order valence-corrected chi connectivity index (χ0v) is 17.6. The van der Waals surface area contributed by atoms with Crippen LogP contribution in [0.15, 0.2) is 18.2 Å². The van der Waals surface area contributed by atoms with Gasteiger partial charge in [0.25, 0.3) is 0 Å². The molecule has 3 amide bonds. The molecule has 1 aromatic carbocycles. The van der Waals surface area contributed by atoms with Crippen molar-refractivity contribution in [3.05, 3.63) is 29.3 Å². The normalized spacial score (nSPS) is 21.0. The zero-order valence-electron chi connectivity index (χ0n) is 17.6. The van der Waals surface area contributed by atoms with E-state index in [-0.39, 0.29) is 29.9 Å². The Bertz CT molecular complexity index is 791. The Balaban J connectivity index is 1.60. The van der Waals surface area contributed by atoms with Crippen LogP contribution >= 0.6 is 0 Å². The van der Waals surface area contributed by atoms with Gasteiger partial charge in [0.1, 0.15) is 17.5 Å². The number of nitrogens with zero attached hydrogens (tertiary/aromatic N) is 1. The highest BCUT2D eigenvalue weighted by Crippen LogP contribution is 2.31. The number of imide groups is 1. The van der Waals surface area contributed by atoms with Crippen molar-refractivity contribution in [2.24, 2.45) is 0 Å². The van der Waals surface area contributed by atoms with E-state index < -0.39 is 5.60 Å². The van der Waals surface area contributed by atoms with Crippen LogP contribution in [0.4, 0.5) is 4.79 Å². The van der Waals surface area contributed by atoms with Crippen molar-refractivity contribution < 1.29 is 23.9 Å². The summed E-state index contributed by atoms with van der Waals surface area (Å²) < 4.78 is 11.6. The second kappa shape index (κ2) is 8.43. The average molecular weight is 402 g/mol. The lowest BCUT2D eigenvalue weighted by Crippen LogP contribution is -2.44. The fraction of sp³-hybridized carbons (Fsp3) is 0.591. The lowest BCUT2D eigenvalue weighted by atomic mass is 9.87. The van der Waals surface area contributed by atoms with Gasteiger partial charge in [0.2, 0.25) is 11.8 Å². The van der Waals surface area contributed by atoms with Gasteiger partial charge in [0.05, 0.1) is 5.92 Å². The fourth-order valence-electron chi connectivity index (χ4n) is 3.73. The van der Waals surface area contributed by atoms with Gasteiger partial charge in [-0.05, 0) is 57.4 Å². The standard InChI is InChI=1S/C22H30N2O5/c1-14-5-6-16(13-18(14)17-7-8-19(25)23-20(17)26)28-15-9-11-24(12-10-15)21(27)29-22(2,3)4/h5-6,13,15,17H,7-12H2,1-4H3,(H,23,25,26). The number of hydrogen-bond acceptors (Lipinski definition) is 5. The highest BCUT2D eigenvalue weighted by molar-refractivity contribution is 6.01. The number of hydrogen-bond donors (Lipinski definition) is 1. The molecular weight excluding hydrogens is 372 g/mol. The number of carbonyl (C=O) groups is 3. The summed E-state index contributed by atoms with van der Waals surface area (Å²) in [5.41, 5.74) is 1.41. The summed E-state index contributed by atoms with van der Waals surface area (Å²) in [5.74, 6) is -0.0727. The van der Waals surface area contributed by atoms with Gasteiger partial charge in [-0.25, -0.2) is 4.79 Å². The Morgan fingerprint density at radius 3 is 2.45 bits per heavy atom. The van der Waals surface area contributed by atoms with Crippen LogP contribution < -0.4 is 10.1 Å². The fourth-order valence-corrected chi connectivity index (χ4v) is 3.73. The SMILES string of the molecule is Cc1ccc(OC2CCN(C(=O)OC(C)(C)C)CC2)cc1C1CCC(=O)NC1=O. The number of likely N-dealkylation sites (tertiary alicyclic amines) is 1. The second-order valence-corrected chi connectivity index (χ2v) is 8.81. The van der Waals surface area contributed by atoms with Crippen LogP contribution in [-0.4, -0.2) is 47.6 Å². The van der Waals surface area contributed by atoms with Crippen molar-refractivity contribution >= 4 is 17.9 Å². The van der Waals surface area contributed by atoms with Crippen LogP contribution in [0.25, 0.3) is 0 Å². The largest absolute Gasteiger partial charge is 0.490 e. The van der Waals surface area contributed by atoms with E-state index in [1.807, 2.05) is 45.9 Å². The number of aryl methyl sites for hydroxylation is 1. The minimum Gasteiger partial charge on any atom is -0.490 e. The summed E-state index contributed by atoms with van der Waals surface area (Å²) in [6.45, 7) is 8.72. The first-order chi connectivity index (χ1) is 13.6. The quantitative estimate of drug-likeness (QED) is 0.784. The molecule has 2 aliphatic heterocycles. The van der Waals surface area contributed by atoms with E-state index in [4.69, 9.17) is 9.47 Å². The van der Waals surface area contributed by atoms with Crippen LogP contribution in [-0.2, 0) is 14.3 Å². The monoisotopic (exact) mass is 402 g/mol. The lowest BCUT2D eigenvalue weighted by molar-refractivity contribution is -0.134. The maximum atomic E-state index is 12.2. The first-order valence-electron chi connectivity index (χ1n) is 10.2. The van der Waals surface area contributed by atoms with Crippen LogP contribution in [0.2, 0.25) is 0 Å². The topological polar surface area (TPSA) is 84.9 Å². The highest BCUT2D eigenvalue weighted by atomic mass is 16.6. The van der Waals surface area contributed by atoms with Gasteiger partial charge in [0, 0.05) is 32.4 Å². The van der Waals surface area contributed by atoms with Crippen molar-refractivity contribution in [3.8, 4) is 5.75 Å². The molecule has 0 saturated carbocycles. The number of amides is 3. The third kappa shape index (κ3) is 5.49. The van der Waals surface area contributed by atoms with Gasteiger partial charge in [-0.1, -0.05) is 6.07 Å². The number of rotatable bonds is 3. The molecule has 158 valence electrons. The number of piperidine rings is 2. The Morgan fingerprint density at radius 2 is 1.83 bits per heavy atom. The van der Waals surface area contributed by atoms with E-state index in [1.165, 1.54) is 0 Å². The number of ether oxygens (including phenoxy) is 2. The minimum atomic E-state index is -0.501. The summed E-state index contributed by atoms with van der Waals surface area (Å²) in [7, 11) is 0. The molecule has 0 aromatic heterocycles. The molecular formula is C22H30N2O5. The molecule has 2 heterocycles. The molecule has 3 rings (SSSR count). The molecule has 2 aliphatic rings. The summed E-state index contributed by atoms with van der Waals surface area (Å²) in [6, 6.07) is 5.77. The Labute approximate surface area is 171 Å². The van der Waals surface area contributed by atoms with Gasteiger partial charge >= 0.3 is 6.09 Å². The van der Waals surface area contributed by atoms with Crippen molar-refractivity contribution in [2.45, 2.75) is 71.0 Å². The van der Waals surface area contributed by atoms with E-state index in [2.05, 4.69) is 5.32 Å². The maximum absolute atomic E-state index is 12.2. The van der Waals surface area contributed by atoms with E-state index in [9.17, 15) is 14.4 Å². The molecule has 1 N–H and O–H groups in total. The molecule has 0 radical (unpaired) electrons. The first kappa shape index (κ1) is 21.1. The molecule has 2 saturated heterocycles. The number of benzene rings is 1. The van der Waals surface area contributed by atoms with Gasteiger partial charge in [-0.2, -0.15) is 0 Å². The van der Waals surface area contributed by atoms with E-state index in [0.29, 0.717) is 31.7 Å². The first-order valence-corrected chi connectivity index (χ1v) is 10.2. The van der Waals surface area contributed by atoms with Crippen LogP contribution in [0.1, 0.15) is 63.5 Å². The van der Waals surface area contributed by atoms with E-state index in [1.54, 1.807) is 4.90 Å². The molecule has 0 bridgehead atoms. The van der Waals surface area contributed by atoms with E-state index >= 15 is 0 Å². The molecule has 2 fully saturated rings. The molecule has 0 aliphatic carbocycles. The molecule has 0 spiro atoms. The number of nitrogens with one attached hydrogen (secondary N) is 1. The molecule has 7 nitrogen and oxygen atoms in total. The van der Waals surface area contributed by atoms with Crippen molar-refractivity contribution in [1.29, 1.82) is 0 Å². The Kier molecular flexibility index (Phi) is 6.15. The van der Waals surface area contributed by atoms with Gasteiger partial charge in [0.15, 0.2) is 0 Å². The van der Waals surface area contributed by atoms with Gasteiger partial charge < -0.3 is 14.4 Å². The Hall–Kier alpha value is -2.57. The predicted molar refractivity (Wildman–Crippen MR) is 108 cm³/mol. The van der Waals surface area contributed by atoms with Crippen LogP contribution in [0.5, 0.6) is 5.75 Å². The van der Waals surface area contributed by atoms with E-state index in [0.717, 1.165) is 24.0 Å². The second-order valence-electron chi connectivity index (χ2n) is 8.81. The maximum Gasteiger partial charge on any atom is 0.410 e. The van der Waals surface area contributed by atoms with Gasteiger partial charge in [-0.3, -0.25) is 14.9 Å². The average Bonchev–Trinajstić information content (AvgIpc) is 2.63. The zero-order chi connectivity index (χ0) is 21.2. The number of carbonyl (C=O) groups excluding carboxylic acids is 3. The molecule has 7 heteroatoms. The Morgan fingerprint density at radius 1 is 1.14 bits per heavy atom. The molecule has 1 aromatic rings. The summed E-state index contributed by atoms with van der Waals surface area (Å²) in [4.78, 5) is 37.6. The summed E-state index contributed by atoms with van der Waals surface area (Å²) >= 11 is 0. The lowest BCUT2D eigenvalue weighted by Gasteiger charge is -2.33. The van der Waals surface area contributed by atoms with Crippen molar-refractivity contribution in [3.63, 3.8) is 0 Å². The summed E-state index contributed by atoms with van der Waals surface area (Å²) in [6.07, 6.45) is 2.03. The molecule has 1 atom stereocenters. The smallest absolute Gasteiger partial charge is 0.410 e. The predicted octanol–water partition coefficient (Wildman–Crippen LogP) is 3.29. The van der Waals surface area contributed by atoms with Gasteiger partial charge in [-0.15, -0.1) is 0 Å². The minimum absolute atomic E-state index is 0.00556. The summed E-state index contributed by atoms with van der Waals surface area (Å²) in [5, 5.41) is 2.42. The molecule has 1 unspecified atom stereocenters. The third-order valence-corrected chi connectivity index (χ3v) is 5.26. The van der Waals surface area contributed by atoms with Crippen molar-refractivity contribution in [1.82, 2.24) is 10.2 Å². The molecule has 29 heavy (non-hydrogen) atoms. The van der Waals surface area contributed by atoms with Crippen LogP contribution in [0.3, 0.4) is 0 Å². The highest BCUT2D eigenvalue weighted by Gasteiger charge is 2.30.